The molecular weight excluding hydrogens is 668 g/mol. The van der Waals surface area contributed by atoms with E-state index in [1.54, 1.807) is 43.3 Å². The minimum absolute atomic E-state index is 0.0204. The fraction of sp³-hybridized carbons (Fsp3) is 0.647. The van der Waals surface area contributed by atoms with Gasteiger partial charge in [0.1, 0.15) is 48.6 Å². The van der Waals surface area contributed by atoms with Crippen molar-refractivity contribution in [3.05, 3.63) is 59.4 Å². The van der Waals surface area contributed by atoms with Crippen LogP contribution in [0.3, 0.4) is 0 Å². The van der Waals surface area contributed by atoms with Gasteiger partial charge in [0.15, 0.2) is 12.6 Å². The van der Waals surface area contributed by atoms with Crippen molar-refractivity contribution in [3.8, 4) is 0 Å². The molecule has 17 nitrogen and oxygen atoms in total. The minimum atomic E-state index is -1.56. The molecule has 1 unspecified atom stereocenters. The van der Waals surface area contributed by atoms with E-state index < -0.39 is 104 Å². The van der Waals surface area contributed by atoms with Crippen molar-refractivity contribution in [2.45, 2.75) is 124 Å². The number of nitrogens with zero attached hydrogens (tertiary/aromatic N) is 1. The van der Waals surface area contributed by atoms with Crippen molar-refractivity contribution in [1.82, 2.24) is 4.57 Å². The SMILES string of the molecule is CC1(C(=O)OC[C@H]2O[C@H](O[C@@H]3[C@@H](O)[C@H](O[C@H]4O[C@H](CN)[C@@H](O)C[C@H]4N)[C@@H](N)C[C@H]3N)[C@H](O)[C@@H](N)[C@@H]2O)CCn2c(C(=O)c3ccccc3)ccc21. The highest BCUT2D eigenvalue weighted by Crippen LogP contribution is 2.38. The Balaban J connectivity index is 1.10. The Hall–Kier alpha value is -2.88. The van der Waals surface area contributed by atoms with Crippen LogP contribution in [-0.2, 0) is 40.4 Å². The van der Waals surface area contributed by atoms with Gasteiger partial charge in [-0.05, 0) is 38.3 Å². The summed E-state index contributed by atoms with van der Waals surface area (Å²) in [4.78, 5) is 26.8. The topological polar surface area (TPSA) is 296 Å². The Morgan fingerprint density at radius 3 is 2.16 bits per heavy atom. The molecule has 1 aromatic carbocycles. The van der Waals surface area contributed by atoms with Gasteiger partial charge in [-0.1, -0.05) is 30.3 Å². The number of nitrogens with two attached hydrogens (primary N) is 5. The second-order valence-corrected chi connectivity index (χ2v) is 14.2. The van der Waals surface area contributed by atoms with Crippen molar-refractivity contribution in [2.24, 2.45) is 28.7 Å². The Bertz CT molecular complexity index is 1530. The van der Waals surface area contributed by atoms with E-state index in [-0.39, 0.29) is 25.2 Å². The van der Waals surface area contributed by atoms with Crippen LogP contribution in [-0.4, -0.2) is 135 Å². The fourth-order valence-electron chi connectivity index (χ4n) is 7.53. The third kappa shape index (κ3) is 7.24. The molecular formula is C34H50N6O11. The maximum atomic E-state index is 13.6. The molecule has 15 atom stereocenters. The number of carbonyl (C=O) groups excluding carboxylic acids is 2. The zero-order valence-electron chi connectivity index (χ0n) is 28.3. The number of ketones is 1. The molecule has 6 rings (SSSR count). The Labute approximate surface area is 294 Å². The van der Waals surface area contributed by atoms with Gasteiger partial charge in [0.05, 0.1) is 30.0 Å². The highest BCUT2D eigenvalue weighted by Gasteiger charge is 2.51. The predicted molar refractivity (Wildman–Crippen MR) is 179 cm³/mol. The van der Waals surface area contributed by atoms with Crippen molar-refractivity contribution < 1.29 is 53.7 Å². The van der Waals surface area contributed by atoms with Crippen LogP contribution in [0.25, 0.3) is 0 Å². The molecule has 1 aliphatic carbocycles. The maximum absolute atomic E-state index is 13.6. The van der Waals surface area contributed by atoms with E-state index in [0.29, 0.717) is 29.9 Å². The van der Waals surface area contributed by atoms with E-state index in [4.69, 9.17) is 52.4 Å². The van der Waals surface area contributed by atoms with Gasteiger partial charge in [-0.15, -0.1) is 0 Å². The lowest BCUT2D eigenvalue weighted by Gasteiger charge is -2.48. The van der Waals surface area contributed by atoms with E-state index in [9.17, 15) is 30.0 Å². The molecule has 4 heterocycles. The molecule has 3 aliphatic heterocycles. The van der Waals surface area contributed by atoms with E-state index in [1.807, 2.05) is 10.6 Å². The van der Waals surface area contributed by atoms with Crippen LogP contribution < -0.4 is 28.7 Å². The van der Waals surface area contributed by atoms with E-state index in [0.717, 1.165) is 0 Å². The van der Waals surface area contributed by atoms with Crippen LogP contribution >= 0.6 is 0 Å². The average molecular weight is 719 g/mol. The summed E-state index contributed by atoms with van der Waals surface area (Å²) in [5.74, 6) is -0.761. The molecule has 3 fully saturated rings. The highest BCUT2D eigenvalue weighted by atomic mass is 16.7. The number of benzene rings is 1. The molecule has 282 valence electrons. The summed E-state index contributed by atoms with van der Waals surface area (Å²) in [6.07, 6.45) is -11.4. The fourth-order valence-corrected chi connectivity index (χ4v) is 7.53. The Morgan fingerprint density at radius 2 is 1.49 bits per heavy atom. The third-order valence-corrected chi connectivity index (χ3v) is 10.7. The minimum Gasteiger partial charge on any atom is -0.462 e. The summed E-state index contributed by atoms with van der Waals surface area (Å²) in [6, 6.07) is 8.68. The molecule has 14 N–H and O–H groups in total. The number of ether oxygens (including phenoxy) is 5. The number of aliphatic hydroxyl groups excluding tert-OH is 4. The molecule has 0 radical (unpaired) electrons. The van der Waals surface area contributed by atoms with E-state index in [2.05, 4.69) is 0 Å². The third-order valence-electron chi connectivity index (χ3n) is 10.7. The van der Waals surface area contributed by atoms with Gasteiger partial charge < -0.3 is 77.3 Å². The summed E-state index contributed by atoms with van der Waals surface area (Å²) >= 11 is 0. The number of fused-ring (bicyclic) bond motifs is 1. The Kier molecular flexibility index (Phi) is 11.3. The highest BCUT2D eigenvalue weighted by molar-refractivity contribution is 6.08. The lowest BCUT2D eigenvalue weighted by Crippen LogP contribution is -2.68. The number of carbonyl (C=O) groups is 2. The first kappa shape index (κ1) is 37.9. The van der Waals surface area contributed by atoms with Crippen molar-refractivity contribution in [1.29, 1.82) is 0 Å². The first-order valence-electron chi connectivity index (χ1n) is 17.3. The normalized spacial score (nSPS) is 41.2. The number of esters is 1. The number of hydrogen-bond donors (Lipinski definition) is 9. The summed E-state index contributed by atoms with van der Waals surface area (Å²) in [5, 5.41) is 43.4. The molecule has 17 heteroatoms. The molecule has 0 bridgehead atoms. The van der Waals surface area contributed by atoms with E-state index >= 15 is 0 Å². The van der Waals surface area contributed by atoms with Gasteiger partial charge in [0.2, 0.25) is 5.78 Å². The van der Waals surface area contributed by atoms with Crippen LogP contribution in [0.4, 0.5) is 0 Å². The van der Waals surface area contributed by atoms with Gasteiger partial charge in [-0.3, -0.25) is 9.59 Å². The van der Waals surface area contributed by atoms with E-state index in [1.165, 1.54) is 0 Å². The first-order valence-corrected chi connectivity index (χ1v) is 17.3. The summed E-state index contributed by atoms with van der Waals surface area (Å²) in [6.45, 7) is 1.73. The van der Waals surface area contributed by atoms with Gasteiger partial charge >= 0.3 is 5.97 Å². The zero-order chi connectivity index (χ0) is 36.8. The summed E-state index contributed by atoms with van der Waals surface area (Å²) in [7, 11) is 0. The number of hydrogen-bond acceptors (Lipinski definition) is 16. The van der Waals surface area contributed by atoms with Crippen molar-refractivity contribution >= 4 is 11.8 Å². The average Bonchev–Trinajstić information content (AvgIpc) is 3.70. The second-order valence-electron chi connectivity index (χ2n) is 14.2. The standard InChI is InChI=1S/C34H50N6O11/c1-34(9-10-40-19(7-8-23(34)40)25(42)15-5-3-2-4-6-15)33(46)47-14-22-26(43)24(39)27(44)32(49-22)51-30-17(37)11-16(36)29(28(30)45)50-31-18(38)12-20(41)21(13-35)48-31/h2-8,16-18,20-22,24,26-32,41,43-45H,9-14,35-39H2,1H3/t16-,17+,18+,20-,21+,22+,24-,26+,27+,28-,29+,30-,31+,32+,34?/m0/s1. The van der Waals surface area contributed by atoms with Crippen molar-refractivity contribution in [2.75, 3.05) is 13.2 Å². The predicted octanol–water partition coefficient (Wildman–Crippen LogP) is -3.35. The molecule has 1 saturated carbocycles. The maximum Gasteiger partial charge on any atom is 0.317 e. The van der Waals surface area contributed by atoms with Crippen molar-refractivity contribution in [3.63, 3.8) is 0 Å². The monoisotopic (exact) mass is 718 g/mol. The van der Waals surface area contributed by atoms with Gasteiger partial charge in [-0.2, -0.15) is 0 Å². The molecule has 51 heavy (non-hydrogen) atoms. The lowest BCUT2D eigenvalue weighted by atomic mass is 9.84. The van der Waals surface area contributed by atoms with Crippen LogP contribution in [0.2, 0.25) is 0 Å². The smallest absolute Gasteiger partial charge is 0.317 e. The number of aliphatic hydroxyl groups is 4. The summed E-state index contributed by atoms with van der Waals surface area (Å²) < 4.78 is 31.2. The first-order chi connectivity index (χ1) is 24.2. The molecule has 2 saturated heterocycles. The summed E-state index contributed by atoms with van der Waals surface area (Å²) in [5.41, 5.74) is 31.2. The number of aromatic nitrogens is 1. The van der Waals surface area contributed by atoms with Crippen LogP contribution in [0.15, 0.2) is 42.5 Å². The molecule has 0 amide bonds. The van der Waals surface area contributed by atoms with Crippen LogP contribution in [0.5, 0.6) is 0 Å². The van der Waals surface area contributed by atoms with Gasteiger partial charge in [0, 0.05) is 36.4 Å². The zero-order valence-corrected chi connectivity index (χ0v) is 28.3. The molecule has 1 aromatic heterocycles. The molecule has 4 aliphatic rings. The molecule has 0 spiro atoms. The number of rotatable bonds is 10. The lowest BCUT2D eigenvalue weighted by molar-refractivity contribution is -0.315. The molecule has 2 aromatic rings. The van der Waals surface area contributed by atoms with Crippen LogP contribution in [0.1, 0.15) is 47.9 Å². The Morgan fingerprint density at radius 1 is 0.843 bits per heavy atom. The van der Waals surface area contributed by atoms with Crippen LogP contribution in [0, 0.1) is 0 Å². The quantitative estimate of drug-likeness (QED) is 0.0856. The van der Waals surface area contributed by atoms with Gasteiger partial charge in [0.25, 0.3) is 0 Å². The second kappa shape index (κ2) is 15.2. The largest absolute Gasteiger partial charge is 0.462 e. The van der Waals surface area contributed by atoms with Gasteiger partial charge in [-0.25, -0.2) is 0 Å².